The Morgan fingerprint density at radius 3 is 1.12 bits per heavy atom. The second-order valence-electron chi connectivity index (χ2n) is 15.8. The second-order valence-corrected chi connectivity index (χ2v) is 15.8. The van der Waals surface area contributed by atoms with Crippen LogP contribution in [0, 0.1) is 0 Å². The maximum atomic E-state index is 12.4. The fourth-order valence-electron chi connectivity index (χ4n) is 7.01. The molecule has 0 rings (SSSR count). The summed E-state index contributed by atoms with van der Waals surface area (Å²) in [5, 5.41) is 23.0. The van der Waals surface area contributed by atoms with Crippen LogP contribution in [-0.4, -0.2) is 34.9 Å². The summed E-state index contributed by atoms with van der Waals surface area (Å²) in [7, 11) is 0. The lowest BCUT2D eigenvalue weighted by molar-refractivity contribution is -0.123. The Kier molecular flexibility index (Phi) is 42.8. The molecule has 0 radical (unpaired) electrons. The van der Waals surface area contributed by atoms with Gasteiger partial charge in [-0.2, -0.15) is 0 Å². The van der Waals surface area contributed by atoms with Crippen LogP contribution in [0.1, 0.15) is 245 Å². The molecular formula is C48H91NO3. The molecular weight excluding hydrogens is 639 g/mol. The minimum Gasteiger partial charge on any atom is -0.394 e. The molecule has 0 heterocycles. The first-order valence-corrected chi connectivity index (χ1v) is 23.2. The van der Waals surface area contributed by atoms with Gasteiger partial charge in [0.15, 0.2) is 0 Å². The number of rotatable bonds is 42. The van der Waals surface area contributed by atoms with Crippen LogP contribution in [0.4, 0.5) is 0 Å². The molecule has 0 aliphatic rings. The molecule has 4 nitrogen and oxygen atoms in total. The molecule has 4 heteroatoms. The van der Waals surface area contributed by atoms with Crippen molar-refractivity contribution in [3.05, 3.63) is 36.5 Å². The van der Waals surface area contributed by atoms with Crippen molar-refractivity contribution in [2.75, 3.05) is 6.61 Å². The highest BCUT2D eigenvalue weighted by Gasteiger charge is 2.17. The van der Waals surface area contributed by atoms with Crippen LogP contribution in [0.2, 0.25) is 0 Å². The summed E-state index contributed by atoms with van der Waals surface area (Å²) < 4.78 is 0. The summed E-state index contributed by atoms with van der Waals surface area (Å²) >= 11 is 0. The fourth-order valence-corrected chi connectivity index (χ4v) is 7.01. The number of carbonyl (C=O) groups excluding carboxylic acids is 1. The van der Waals surface area contributed by atoms with Crippen LogP contribution in [0.3, 0.4) is 0 Å². The van der Waals surface area contributed by atoms with Gasteiger partial charge in [0.2, 0.25) is 5.91 Å². The van der Waals surface area contributed by atoms with E-state index in [1.165, 1.54) is 193 Å². The van der Waals surface area contributed by atoms with Crippen LogP contribution in [-0.2, 0) is 4.79 Å². The number of hydrogen-bond acceptors (Lipinski definition) is 3. The zero-order valence-electron chi connectivity index (χ0n) is 35.1. The smallest absolute Gasteiger partial charge is 0.220 e. The average molecular weight is 730 g/mol. The fraction of sp³-hybridized carbons (Fsp3) is 0.854. The summed E-state index contributed by atoms with van der Waals surface area (Å²) in [5.41, 5.74) is 0. The van der Waals surface area contributed by atoms with E-state index in [0.29, 0.717) is 6.42 Å². The molecule has 3 N–H and O–H groups in total. The summed E-state index contributed by atoms with van der Waals surface area (Å²) in [6.45, 7) is 4.30. The number of amides is 1. The van der Waals surface area contributed by atoms with Gasteiger partial charge >= 0.3 is 0 Å². The highest BCUT2D eigenvalue weighted by molar-refractivity contribution is 5.76. The van der Waals surface area contributed by atoms with Crippen molar-refractivity contribution in [3.63, 3.8) is 0 Å². The number of nitrogens with one attached hydrogen (secondary N) is 1. The molecule has 0 unspecified atom stereocenters. The van der Waals surface area contributed by atoms with Crippen LogP contribution < -0.4 is 5.32 Å². The van der Waals surface area contributed by atoms with Crippen molar-refractivity contribution < 1.29 is 15.0 Å². The third-order valence-corrected chi connectivity index (χ3v) is 10.6. The minimum atomic E-state index is -0.860. The first-order valence-electron chi connectivity index (χ1n) is 23.2. The largest absolute Gasteiger partial charge is 0.394 e. The van der Waals surface area contributed by atoms with Gasteiger partial charge in [0.05, 0.1) is 18.8 Å². The van der Waals surface area contributed by atoms with E-state index in [-0.39, 0.29) is 12.5 Å². The number of aliphatic hydroxyl groups excluding tert-OH is 2. The van der Waals surface area contributed by atoms with Gasteiger partial charge in [0.1, 0.15) is 0 Å². The van der Waals surface area contributed by atoms with E-state index in [4.69, 9.17) is 0 Å². The molecule has 0 bridgehead atoms. The van der Waals surface area contributed by atoms with E-state index in [1.807, 2.05) is 6.08 Å². The summed E-state index contributed by atoms with van der Waals surface area (Å²) in [5.74, 6) is -0.0724. The van der Waals surface area contributed by atoms with Gasteiger partial charge in [0.25, 0.3) is 0 Å². The summed E-state index contributed by atoms with van der Waals surface area (Å²) in [4.78, 5) is 12.4. The van der Waals surface area contributed by atoms with E-state index >= 15 is 0 Å². The predicted molar refractivity (Wildman–Crippen MR) is 230 cm³/mol. The van der Waals surface area contributed by atoms with E-state index in [2.05, 4.69) is 43.5 Å². The monoisotopic (exact) mass is 730 g/mol. The van der Waals surface area contributed by atoms with Crippen LogP contribution in [0.5, 0.6) is 0 Å². The molecule has 2 atom stereocenters. The van der Waals surface area contributed by atoms with E-state index in [0.717, 1.165) is 32.1 Å². The Morgan fingerprint density at radius 1 is 0.442 bits per heavy atom. The van der Waals surface area contributed by atoms with Gasteiger partial charge in [-0.15, -0.1) is 0 Å². The second kappa shape index (κ2) is 44.0. The molecule has 0 aliphatic carbocycles. The average Bonchev–Trinajstić information content (AvgIpc) is 3.15. The molecule has 0 aromatic carbocycles. The van der Waals surface area contributed by atoms with Crippen molar-refractivity contribution in [1.82, 2.24) is 5.32 Å². The van der Waals surface area contributed by atoms with Gasteiger partial charge < -0.3 is 15.5 Å². The third kappa shape index (κ3) is 39.8. The molecule has 0 saturated heterocycles. The normalized spacial score (nSPS) is 13.2. The van der Waals surface area contributed by atoms with Crippen LogP contribution in [0.25, 0.3) is 0 Å². The van der Waals surface area contributed by atoms with Crippen molar-refractivity contribution in [3.8, 4) is 0 Å². The van der Waals surface area contributed by atoms with Gasteiger partial charge in [-0.3, -0.25) is 4.79 Å². The highest BCUT2D eigenvalue weighted by Crippen LogP contribution is 2.15. The molecule has 1 amide bonds. The maximum absolute atomic E-state index is 12.4. The number of carbonyl (C=O) groups is 1. The summed E-state index contributed by atoms with van der Waals surface area (Å²) in [6.07, 6.45) is 58.3. The van der Waals surface area contributed by atoms with E-state index in [9.17, 15) is 15.0 Å². The molecule has 0 fully saturated rings. The molecule has 0 saturated carbocycles. The Balaban J connectivity index is 3.56. The van der Waals surface area contributed by atoms with Crippen LogP contribution in [0.15, 0.2) is 36.5 Å². The van der Waals surface area contributed by atoms with Crippen molar-refractivity contribution in [2.24, 2.45) is 0 Å². The number of hydrogen-bond donors (Lipinski definition) is 3. The maximum Gasteiger partial charge on any atom is 0.220 e. The standard InChI is InChI=1S/C48H91NO3/c1-3-5-7-9-11-13-15-17-19-21-22-23-24-25-26-28-30-32-34-36-38-40-42-44-48(52)49-46(45-50)47(51)43-41-39-37-35-33-31-29-27-20-18-16-14-12-10-8-6-4-2/h17,19,33,35,41,43,46-47,50-51H,3-16,18,20-32,34,36-40,42,44-45H2,1-2H3,(H,49,52)/b19-17+,35-33+,43-41+/t46-,47+/m0/s1. The first-order chi connectivity index (χ1) is 25.7. The Hall–Kier alpha value is -1.39. The first kappa shape index (κ1) is 50.6. The quantitative estimate of drug-likeness (QED) is 0.0433. The highest BCUT2D eigenvalue weighted by atomic mass is 16.3. The lowest BCUT2D eigenvalue weighted by Gasteiger charge is -2.19. The van der Waals surface area contributed by atoms with Gasteiger partial charge in [-0.05, 0) is 57.8 Å². The van der Waals surface area contributed by atoms with Gasteiger partial charge in [-0.1, -0.05) is 217 Å². The minimum absolute atomic E-state index is 0.0724. The van der Waals surface area contributed by atoms with Crippen molar-refractivity contribution in [1.29, 1.82) is 0 Å². The molecule has 0 spiro atoms. The SMILES string of the molecule is CCCCCCCC/C=C/CCCCCCCCCCCCCCCC(=O)N[C@@H](CO)[C@H](O)/C=C/CC/C=C/CCCCCCCCCCCCC. The predicted octanol–water partition coefficient (Wildman–Crippen LogP) is 14.6. The molecule has 0 aromatic heterocycles. The topological polar surface area (TPSA) is 69.6 Å². The third-order valence-electron chi connectivity index (χ3n) is 10.6. The molecule has 306 valence electrons. The lowest BCUT2D eigenvalue weighted by atomic mass is 10.0. The summed E-state index contributed by atoms with van der Waals surface area (Å²) in [6, 6.07) is -0.637. The number of unbranched alkanes of at least 4 members (excludes halogenated alkanes) is 31. The lowest BCUT2D eigenvalue weighted by Crippen LogP contribution is -2.45. The molecule has 0 aromatic rings. The van der Waals surface area contributed by atoms with Crippen molar-refractivity contribution >= 4 is 5.91 Å². The van der Waals surface area contributed by atoms with E-state index in [1.54, 1.807) is 6.08 Å². The van der Waals surface area contributed by atoms with Gasteiger partial charge in [0, 0.05) is 6.42 Å². The molecule has 52 heavy (non-hydrogen) atoms. The zero-order chi connectivity index (χ0) is 37.8. The molecule has 0 aliphatic heterocycles. The van der Waals surface area contributed by atoms with Gasteiger partial charge in [-0.25, -0.2) is 0 Å². The Labute approximate surface area is 325 Å². The number of aliphatic hydroxyl groups is 2. The zero-order valence-corrected chi connectivity index (χ0v) is 35.1. The van der Waals surface area contributed by atoms with Crippen LogP contribution >= 0.6 is 0 Å². The Bertz CT molecular complexity index is 790. The Morgan fingerprint density at radius 2 is 0.750 bits per heavy atom. The number of allylic oxidation sites excluding steroid dienone is 5. The van der Waals surface area contributed by atoms with E-state index < -0.39 is 12.1 Å². The van der Waals surface area contributed by atoms with Crippen molar-refractivity contribution in [2.45, 2.75) is 257 Å².